The first-order valence-electron chi connectivity index (χ1n) is 7.88. The van der Waals surface area contributed by atoms with Gasteiger partial charge in [0.1, 0.15) is 5.03 Å². The number of benzene rings is 2. The van der Waals surface area contributed by atoms with Gasteiger partial charge in [-0.05, 0) is 67.4 Å². The van der Waals surface area contributed by atoms with E-state index in [0.717, 1.165) is 26.7 Å². The van der Waals surface area contributed by atoms with Crippen LogP contribution in [0, 0.1) is 36.5 Å². The SMILES string of the molecule is Cc1cc(C#N)cc(C)c1Sc1ccnc(Nc2ccc(C#N)cc2)n1. The molecule has 3 rings (SSSR count). The van der Waals surface area contributed by atoms with E-state index in [9.17, 15) is 0 Å². The molecule has 26 heavy (non-hydrogen) atoms. The van der Waals surface area contributed by atoms with Crippen molar-refractivity contribution in [2.24, 2.45) is 0 Å². The largest absolute Gasteiger partial charge is 0.324 e. The topological polar surface area (TPSA) is 85.4 Å². The molecule has 0 aliphatic heterocycles. The Morgan fingerprint density at radius 2 is 1.58 bits per heavy atom. The number of rotatable bonds is 4. The van der Waals surface area contributed by atoms with Gasteiger partial charge in [0.2, 0.25) is 5.95 Å². The summed E-state index contributed by atoms with van der Waals surface area (Å²) in [6.07, 6.45) is 1.70. The average molecular weight is 357 g/mol. The van der Waals surface area contributed by atoms with Gasteiger partial charge < -0.3 is 5.32 Å². The Balaban J connectivity index is 1.82. The van der Waals surface area contributed by atoms with Crippen LogP contribution in [-0.2, 0) is 0 Å². The molecule has 1 aromatic heterocycles. The highest BCUT2D eigenvalue weighted by Gasteiger charge is 2.09. The van der Waals surface area contributed by atoms with Crippen LogP contribution in [0.15, 0.2) is 58.6 Å². The molecule has 1 N–H and O–H groups in total. The zero-order chi connectivity index (χ0) is 18.5. The lowest BCUT2D eigenvalue weighted by Crippen LogP contribution is -1.98. The first-order chi connectivity index (χ1) is 12.6. The van der Waals surface area contributed by atoms with Crippen molar-refractivity contribution >= 4 is 23.4 Å². The number of aromatic nitrogens is 2. The van der Waals surface area contributed by atoms with Gasteiger partial charge >= 0.3 is 0 Å². The molecule has 0 saturated heterocycles. The first kappa shape index (κ1) is 17.5. The van der Waals surface area contributed by atoms with Gasteiger partial charge in [0.15, 0.2) is 0 Å². The molecule has 1 heterocycles. The number of hydrogen-bond acceptors (Lipinski definition) is 6. The van der Waals surface area contributed by atoms with Crippen molar-refractivity contribution in [1.82, 2.24) is 9.97 Å². The molecule has 5 nitrogen and oxygen atoms in total. The molecule has 2 aromatic carbocycles. The summed E-state index contributed by atoms with van der Waals surface area (Å²) in [7, 11) is 0. The second kappa shape index (κ2) is 7.69. The predicted molar refractivity (Wildman–Crippen MR) is 101 cm³/mol. The normalized spacial score (nSPS) is 10.0. The molecule has 0 unspecified atom stereocenters. The molecule has 0 atom stereocenters. The van der Waals surface area contributed by atoms with Gasteiger partial charge in [0.25, 0.3) is 0 Å². The predicted octanol–water partition coefficient (Wildman–Crippen LogP) is 4.73. The molecule has 6 heteroatoms. The molecular formula is C20H15N5S. The average Bonchev–Trinajstić information content (AvgIpc) is 2.65. The maximum absolute atomic E-state index is 9.07. The number of nitrogens with zero attached hydrogens (tertiary/aromatic N) is 4. The number of hydrogen-bond donors (Lipinski definition) is 1. The van der Waals surface area contributed by atoms with E-state index >= 15 is 0 Å². The van der Waals surface area contributed by atoms with Crippen LogP contribution in [-0.4, -0.2) is 9.97 Å². The monoisotopic (exact) mass is 357 g/mol. The van der Waals surface area contributed by atoms with Crippen molar-refractivity contribution in [3.05, 3.63) is 70.9 Å². The summed E-state index contributed by atoms with van der Waals surface area (Å²) in [5.41, 5.74) is 4.18. The van der Waals surface area contributed by atoms with Crippen molar-refractivity contribution < 1.29 is 0 Å². The van der Waals surface area contributed by atoms with Gasteiger partial charge in [-0.2, -0.15) is 10.5 Å². The quantitative estimate of drug-likeness (QED) is 0.679. The highest BCUT2D eigenvalue weighted by molar-refractivity contribution is 7.99. The van der Waals surface area contributed by atoms with Crippen LogP contribution in [0.5, 0.6) is 0 Å². The smallest absolute Gasteiger partial charge is 0.228 e. The van der Waals surface area contributed by atoms with Gasteiger partial charge in [-0.25, -0.2) is 9.97 Å². The summed E-state index contributed by atoms with van der Waals surface area (Å²) < 4.78 is 0. The first-order valence-corrected chi connectivity index (χ1v) is 8.70. The van der Waals surface area contributed by atoms with Gasteiger partial charge in [-0.15, -0.1) is 0 Å². The third-order valence-corrected chi connectivity index (χ3v) is 4.98. The Labute approximate surface area is 156 Å². The van der Waals surface area contributed by atoms with E-state index in [4.69, 9.17) is 10.5 Å². The lowest BCUT2D eigenvalue weighted by atomic mass is 10.1. The van der Waals surface area contributed by atoms with Crippen LogP contribution < -0.4 is 5.32 Å². The molecule has 3 aromatic rings. The summed E-state index contributed by atoms with van der Waals surface area (Å²) in [5, 5.41) is 21.9. The van der Waals surface area contributed by atoms with Gasteiger partial charge in [0, 0.05) is 16.8 Å². The molecule has 0 saturated carbocycles. The van der Waals surface area contributed by atoms with Gasteiger partial charge in [0.05, 0.1) is 23.3 Å². The molecule has 126 valence electrons. The Hall–Kier alpha value is -3.35. The zero-order valence-electron chi connectivity index (χ0n) is 14.3. The summed E-state index contributed by atoms with van der Waals surface area (Å²) in [6, 6.07) is 17.0. The standard InChI is InChI=1S/C20H15N5S/c1-13-9-16(12-22)10-14(2)19(13)26-18-7-8-23-20(25-18)24-17-5-3-15(11-21)4-6-17/h3-10H,1-2H3,(H,23,24,25). The Bertz CT molecular complexity index is 1010. The van der Waals surface area contributed by atoms with Crippen molar-refractivity contribution in [2.75, 3.05) is 5.32 Å². The number of nitrogens with one attached hydrogen (secondary N) is 1. The molecule has 0 fully saturated rings. The fourth-order valence-electron chi connectivity index (χ4n) is 2.50. The van der Waals surface area contributed by atoms with Crippen molar-refractivity contribution in [2.45, 2.75) is 23.8 Å². The zero-order valence-corrected chi connectivity index (χ0v) is 15.1. The highest BCUT2D eigenvalue weighted by atomic mass is 32.2. The molecule has 0 spiro atoms. The lowest BCUT2D eigenvalue weighted by molar-refractivity contribution is 1.05. The summed E-state index contributed by atoms with van der Waals surface area (Å²) in [6.45, 7) is 3.99. The fraction of sp³-hybridized carbons (Fsp3) is 0.100. The maximum Gasteiger partial charge on any atom is 0.228 e. The van der Waals surface area contributed by atoms with Crippen LogP contribution in [0.2, 0.25) is 0 Å². The molecule has 0 aliphatic rings. The Morgan fingerprint density at radius 1 is 0.923 bits per heavy atom. The summed E-state index contributed by atoms with van der Waals surface area (Å²) in [5.74, 6) is 0.489. The Morgan fingerprint density at radius 3 is 2.19 bits per heavy atom. The number of nitriles is 2. The van der Waals surface area contributed by atoms with E-state index < -0.39 is 0 Å². The number of anilines is 2. The van der Waals surface area contributed by atoms with E-state index in [1.807, 2.05) is 44.2 Å². The van der Waals surface area contributed by atoms with Crippen LogP contribution in [0.4, 0.5) is 11.6 Å². The van der Waals surface area contributed by atoms with E-state index in [0.29, 0.717) is 17.1 Å². The van der Waals surface area contributed by atoms with Crippen molar-refractivity contribution in [3.8, 4) is 12.1 Å². The van der Waals surface area contributed by atoms with Crippen LogP contribution in [0.1, 0.15) is 22.3 Å². The summed E-state index contributed by atoms with van der Waals surface area (Å²) >= 11 is 1.55. The van der Waals surface area contributed by atoms with E-state index in [2.05, 4.69) is 27.4 Å². The van der Waals surface area contributed by atoms with Crippen LogP contribution in [0.3, 0.4) is 0 Å². The minimum Gasteiger partial charge on any atom is -0.324 e. The fourth-order valence-corrected chi connectivity index (χ4v) is 3.41. The van der Waals surface area contributed by atoms with Gasteiger partial charge in [-0.3, -0.25) is 0 Å². The molecule has 0 amide bonds. The third-order valence-electron chi connectivity index (χ3n) is 3.70. The van der Waals surface area contributed by atoms with E-state index in [1.54, 1.807) is 30.1 Å². The summed E-state index contributed by atoms with van der Waals surface area (Å²) in [4.78, 5) is 9.88. The molecule has 0 radical (unpaired) electrons. The van der Waals surface area contributed by atoms with Crippen molar-refractivity contribution in [1.29, 1.82) is 10.5 Å². The maximum atomic E-state index is 9.07. The Kier molecular flexibility index (Phi) is 5.17. The minimum atomic E-state index is 0.489. The highest BCUT2D eigenvalue weighted by Crippen LogP contribution is 2.33. The molecule has 0 bridgehead atoms. The molecular weight excluding hydrogens is 342 g/mol. The second-order valence-corrected chi connectivity index (χ2v) is 6.72. The van der Waals surface area contributed by atoms with Crippen LogP contribution >= 0.6 is 11.8 Å². The van der Waals surface area contributed by atoms with E-state index in [1.165, 1.54) is 0 Å². The second-order valence-electron chi connectivity index (χ2n) is 5.69. The lowest BCUT2D eigenvalue weighted by Gasteiger charge is -2.10. The van der Waals surface area contributed by atoms with Crippen molar-refractivity contribution in [3.63, 3.8) is 0 Å². The third kappa shape index (κ3) is 4.00. The van der Waals surface area contributed by atoms with E-state index in [-0.39, 0.29) is 0 Å². The minimum absolute atomic E-state index is 0.489. The van der Waals surface area contributed by atoms with Crippen LogP contribution in [0.25, 0.3) is 0 Å². The number of aryl methyl sites for hydroxylation is 2. The molecule has 0 aliphatic carbocycles. The van der Waals surface area contributed by atoms with Gasteiger partial charge in [-0.1, -0.05) is 11.8 Å².